The Labute approximate surface area is 237 Å². The molecule has 12 heteroatoms. The fourth-order valence-corrected chi connectivity index (χ4v) is 6.25. The number of ether oxygens (including phenoxy) is 2. The number of aliphatic hydroxyl groups excluding tert-OH is 1. The molecule has 11 nitrogen and oxygen atoms in total. The number of likely N-dealkylation sites (N-methyl/N-ethyl adjacent to an activating group) is 1. The number of amides is 1. The van der Waals surface area contributed by atoms with Crippen LogP contribution in [0.5, 0.6) is 5.75 Å². The van der Waals surface area contributed by atoms with Crippen molar-refractivity contribution in [3.8, 4) is 5.75 Å². The van der Waals surface area contributed by atoms with E-state index in [-0.39, 0.29) is 58.2 Å². The molecule has 0 saturated carbocycles. The summed E-state index contributed by atoms with van der Waals surface area (Å²) in [7, 11) is -0.0559. The minimum Gasteiger partial charge on any atom is -0.490 e. The number of fused-ring (bicyclic) bond motifs is 1. The van der Waals surface area contributed by atoms with Crippen molar-refractivity contribution >= 4 is 21.6 Å². The molecule has 3 rings (SSSR count). The Balaban J connectivity index is 2.04. The zero-order valence-corrected chi connectivity index (χ0v) is 25.5. The van der Waals surface area contributed by atoms with Crippen LogP contribution in [0.25, 0.3) is 0 Å². The van der Waals surface area contributed by atoms with Crippen LogP contribution in [0.3, 0.4) is 0 Å². The van der Waals surface area contributed by atoms with Crippen LogP contribution >= 0.6 is 0 Å². The van der Waals surface area contributed by atoms with Gasteiger partial charge in [-0.3, -0.25) is 9.52 Å². The molecule has 2 aromatic rings. The van der Waals surface area contributed by atoms with E-state index in [0.29, 0.717) is 25.4 Å². The fourth-order valence-electron chi connectivity index (χ4n) is 4.87. The van der Waals surface area contributed by atoms with Gasteiger partial charge in [-0.1, -0.05) is 12.1 Å². The largest absolute Gasteiger partial charge is 0.490 e. The van der Waals surface area contributed by atoms with Gasteiger partial charge in [-0.2, -0.15) is 0 Å². The first-order valence-electron chi connectivity index (χ1n) is 13.8. The number of hydrogen-bond donors (Lipinski definition) is 2. The molecule has 0 spiro atoms. The number of rotatable bonds is 7. The summed E-state index contributed by atoms with van der Waals surface area (Å²) in [5, 5.41) is 13.8. The average Bonchev–Trinajstić information content (AvgIpc) is 3.23. The first-order chi connectivity index (χ1) is 18.8. The lowest BCUT2D eigenvalue weighted by atomic mass is 10.0. The van der Waals surface area contributed by atoms with Gasteiger partial charge in [0, 0.05) is 31.3 Å². The monoisotopic (exact) mass is 580 g/mol. The number of anilines is 1. The second kappa shape index (κ2) is 13.8. The van der Waals surface area contributed by atoms with E-state index in [1.807, 2.05) is 27.9 Å². The van der Waals surface area contributed by atoms with Crippen LogP contribution in [-0.4, -0.2) is 93.0 Å². The van der Waals surface area contributed by atoms with E-state index in [4.69, 9.17) is 14.0 Å². The normalized spacial score (nSPS) is 22.4. The van der Waals surface area contributed by atoms with Gasteiger partial charge in [-0.15, -0.1) is 0 Å². The average molecular weight is 581 g/mol. The molecule has 1 aromatic heterocycles. The Morgan fingerprint density at radius 1 is 1.23 bits per heavy atom. The number of carbonyl (C=O) groups excluding carboxylic acids is 1. The Morgan fingerprint density at radius 2 is 1.95 bits per heavy atom. The van der Waals surface area contributed by atoms with E-state index in [9.17, 15) is 18.3 Å². The molecule has 0 aliphatic carbocycles. The van der Waals surface area contributed by atoms with Gasteiger partial charge in [-0.05, 0) is 79.3 Å². The van der Waals surface area contributed by atoms with Crippen LogP contribution in [0.15, 0.2) is 27.6 Å². The van der Waals surface area contributed by atoms with Crippen molar-refractivity contribution in [3.05, 3.63) is 35.2 Å². The Morgan fingerprint density at radius 3 is 2.58 bits per heavy atom. The number of aliphatic hydroxyl groups is 1. The molecule has 0 fully saturated rings. The highest BCUT2D eigenvalue weighted by atomic mass is 32.2. The SMILES string of the molecule is Cc1noc(C)c1S(=O)(=O)Nc1ccc2c(c1)C(=O)N([C@@H](C)CO)C[C@@H](C)[C@H](CN(C)C)OCCCC[C@@H](C)O2. The van der Waals surface area contributed by atoms with Crippen molar-refractivity contribution in [1.82, 2.24) is 15.0 Å². The molecular weight excluding hydrogens is 536 g/mol. The number of nitrogens with one attached hydrogen (secondary N) is 1. The number of hydrogen-bond acceptors (Lipinski definition) is 9. The van der Waals surface area contributed by atoms with Crippen molar-refractivity contribution in [2.24, 2.45) is 5.92 Å². The summed E-state index contributed by atoms with van der Waals surface area (Å²) in [6.07, 6.45) is 2.26. The number of aryl methyl sites for hydroxylation is 2. The Hall–Kier alpha value is -2.67. The molecule has 40 heavy (non-hydrogen) atoms. The summed E-state index contributed by atoms with van der Waals surface area (Å²) < 4.78 is 46.4. The van der Waals surface area contributed by atoms with E-state index in [0.717, 1.165) is 19.3 Å². The summed E-state index contributed by atoms with van der Waals surface area (Å²) in [5.41, 5.74) is 0.645. The lowest BCUT2D eigenvalue weighted by Gasteiger charge is -2.35. The van der Waals surface area contributed by atoms with Crippen LogP contribution < -0.4 is 9.46 Å². The van der Waals surface area contributed by atoms with E-state index in [1.54, 1.807) is 30.9 Å². The number of benzene rings is 1. The quantitative estimate of drug-likeness (QED) is 0.505. The van der Waals surface area contributed by atoms with Gasteiger partial charge in [0.15, 0.2) is 10.7 Å². The molecule has 0 unspecified atom stereocenters. The highest BCUT2D eigenvalue weighted by Crippen LogP contribution is 2.30. The Kier molecular flexibility index (Phi) is 11.0. The maximum absolute atomic E-state index is 14.1. The molecule has 0 saturated heterocycles. The summed E-state index contributed by atoms with van der Waals surface area (Å²) in [4.78, 5) is 17.8. The minimum absolute atomic E-state index is 0.0344. The molecule has 0 radical (unpaired) electrons. The summed E-state index contributed by atoms with van der Waals surface area (Å²) in [6, 6.07) is 4.18. The zero-order chi connectivity index (χ0) is 29.6. The van der Waals surface area contributed by atoms with Gasteiger partial charge >= 0.3 is 0 Å². The van der Waals surface area contributed by atoms with Crippen LogP contribution in [-0.2, 0) is 14.8 Å². The summed E-state index contributed by atoms with van der Waals surface area (Å²) in [6.45, 7) is 10.3. The molecular formula is C28H44N4O7S. The molecule has 2 heterocycles. The van der Waals surface area contributed by atoms with Crippen molar-refractivity contribution in [1.29, 1.82) is 0 Å². The van der Waals surface area contributed by atoms with Crippen LogP contribution in [0.2, 0.25) is 0 Å². The van der Waals surface area contributed by atoms with Crippen molar-refractivity contribution in [2.45, 2.75) is 77.0 Å². The van der Waals surface area contributed by atoms with E-state index >= 15 is 0 Å². The van der Waals surface area contributed by atoms with Gasteiger partial charge in [0.25, 0.3) is 15.9 Å². The lowest BCUT2D eigenvalue weighted by Crippen LogP contribution is -2.47. The van der Waals surface area contributed by atoms with Gasteiger partial charge in [0.2, 0.25) is 0 Å². The van der Waals surface area contributed by atoms with Crippen molar-refractivity contribution in [3.63, 3.8) is 0 Å². The molecule has 4 atom stereocenters. The predicted molar refractivity (Wildman–Crippen MR) is 152 cm³/mol. The molecule has 2 N–H and O–H groups in total. The van der Waals surface area contributed by atoms with Crippen molar-refractivity contribution < 1.29 is 32.3 Å². The van der Waals surface area contributed by atoms with Gasteiger partial charge in [-0.25, -0.2) is 8.42 Å². The summed E-state index contributed by atoms with van der Waals surface area (Å²) >= 11 is 0. The first kappa shape index (κ1) is 31.9. The maximum atomic E-state index is 14.1. The number of aromatic nitrogens is 1. The topological polar surface area (TPSA) is 134 Å². The highest BCUT2D eigenvalue weighted by molar-refractivity contribution is 7.92. The van der Waals surface area contributed by atoms with E-state index in [2.05, 4.69) is 14.8 Å². The van der Waals surface area contributed by atoms with Crippen LogP contribution in [0.1, 0.15) is 61.8 Å². The fraction of sp³-hybridized carbons (Fsp3) is 0.643. The lowest BCUT2D eigenvalue weighted by molar-refractivity contribution is -0.0137. The van der Waals surface area contributed by atoms with Gasteiger partial charge in [0.1, 0.15) is 11.4 Å². The number of sulfonamides is 1. The number of carbonyl (C=O) groups is 1. The highest BCUT2D eigenvalue weighted by Gasteiger charge is 2.31. The van der Waals surface area contributed by atoms with Crippen LogP contribution in [0, 0.1) is 19.8 Å². The number of nitrogens with zero attached hydrogens (tertiary/aromatic N) is 3. The van der Waals surface area contributed by atoms with E-state index in [1.165, 1.54) is 13.0 Å². The first-order valence-corrected chi connectivity index (χ1v) is 15.3. The van der Waals surface area contributed by atoms with Crippen LogP contribution in [0.4, 0.5) is 5.69 Å². The third-order valence-electron chi connectivity index (χ3n) is 7.09. The third kappa shape index (κ3) is 7.96. The molecule has 1 aliphatic rings. The maximum Gasteiger partial charge on any atom is 0.267 e. The molecule has 224 valence electrons. The molecule has 1 aromatic carbocycles. The molecule has 1 amide bonds. The predicted octanol–water partition coefficient (Wildman–Crippen LogP) is 3.45. The Bertz CT molecular complexity index is 1230. The van der Waals surface area contributed by atoms with Gasteiger partial charge in [0.05, 0.1) is 30.4 Å². The van der Waals surface area contributed by atoms with E-state index < -0.39 is 16.1 Å². The smallest absolute Gasteiger partial charge is 0.267 e. The zero-order valence-electron chi connectivity index (χ0n) is 24.6. The van der Waals surface area contributed by atoms with Gasteiger partial charge < -0.3 is 28.9 Å². The summed E-state index contributed by atoms with van der Waals surface area (Å²) in [5.74, 6) is 0.129. The molecule has 1 aliphatic heterocycles. The third-order valence-corrected chi connectivity index (χ3v) is 8.71. The second-order valence-electron chi connectivity index (χ2n) is 11.0. The standard InChI is InChI=1S/C28H44N4O7S/c1-18-15-32(19(2)17-33)28(34)24-14-23(30-40(35,36)27-21(4)29-39-22(27)5)11-12-25(24)38-20(3)10-8-9-13-37-26(18)16-31(6)7/h11-12,14,18-20,26,30,33H,8-10,13,15-17H2,1-7H3/t18-,19+,20-,26+/m1/s1. The van der Waals surface area contributed by atoms with Crippen molar-refractivity contribution in [2.75, 3.05) is 45.1 Å². The minimum atomic E-state index is -4.03. The second-order valence-corrected chi connectivity index (χ2v) is 12.7. The molecule has 0 bridgehead atoms.